The maximum Gasteiger partial charge on any atom is 0.227 e. The summed E-state index contributed by atoms with van der Waals surface area (Å²) < 4.78 is 0. The van der Waals surface area contributed by atoms with Crippen molar-refractivity contribution >= 4 is 17.6 Å². The molecular weight excluding hydrogens is 430 g/mol. The van der Waals surface area contributed by atoms with E-state index in [1.54, 1.807) is 11.8 Å². The Kier molecular flexibility index (Phi) is 12.5. The highest BCUT2D eigenvalue weighted by molar-refractivity contribution is 5.82. The Morgan fingerprint density at radius 2 is 1.82 bits per heavy atom. The molecule has 3 atom stereocenters. The van der Waals surface area contributed by atoms with Crippen molar-refractivity contribution in [3.05, 3.63) is 37.0 Å². The molecule has 1 rings (SSSR count). The number of allylic oxidation sites excluding steroid dienone is 1. The minimum Gasteiger partial charge on any atom is -0.386 e. The minimum atomic E-state index is -0.371. The number of ketones is 1. The molecule has 8 heteroatoms. The number of Topliss-reactive ketones (excluding diaryl/α,β-unsaturated/α-hetero) is 1. The number of amides is 2. The van der Waals surface area contributed by atoms with Crippen LogP contribution >= 0.6 is 0 Å². The predicted octanol–water partition coefficient (Wildman–Crippen LogP) is 2.93. The average molecular weight is 476 g/mol. The highest BCUT2D eigenvalue weighted by Crippen LogP contribution is 2.27. The first-order valence-electron chi connectivity index (χ1n) is 12.4. The number of unbranched alkanes of at least 4 members (excludes halogenated alkanes) is 2. The second-order valence-electron chi connectivity index (χ2n) is 9.67. The molecule has 0 aromatic rings. The molecule has 1 aliphatic heterocycles. The Labute approximate surface area is 205 Å². The van der Waals surface area contributed by atoms with Crippen LogP contribution < -0.4 is 21.7 Å². The summed E-state index contributed by atoms with van der Waals surface area (Å²) in [6.45, 7) is 20.6. The van der Waals surface area contributed by atoms with E-state index in [2.05, 4.69) is 35.7 Å². The van der Waals surface area contributed by atoms with Gasteiger partial charge in [0.25, 0.3) is 0 Å². The number of nitrogens with one attached hydrogen (secondary N) is 3. The van der Waals surface area contributed by atoms with Gasteiger partial charge in [-0.1, -0.05) is 46.9 Å². The van der Waals surface area contributed by atoms with Crippen molar-refractivity contribution in [2.75, 3.05) is 13.1 Å². The van der Waals surface area contributed by atoms with Crippen molar-refractivity contribution in [1.29, 1.82) is 0 Å². The monoisotopic (exact) mass is 475 g/mol. The SMILES string of the molecule is C=C(N)NCCCC(NC(=C)[C@@H](NC(=O)CCCCCN1C(=C)C(C)CC1=O)C(C)C)C(C)=O. The van der Waals surface area contributed by atoms with Gasteiger partial charge >= 0.3 is 0 Å². The summed E-state index contributed by atoms with van der Waals surface area (Å²) >= 11 is 0. The first-order chi connectivity index (χ1) is 15.9. The zero-order valence-electron chi connectivity index (χ0n) is 21.5. The largest absolute Gasteiger partial charge is 0.386 e. The highest BCUT2D eigenvalue weighted by atomic mass is 16.2. The van der Waals surface area contributed by atoms with Crippen LogP contribution in [0.5, 0.6) is 0 Å². The maximum atomic E-state index is 12.6. The molecular formula is C26H45N5O3. The van der Waals surface area contributed by atoms with E-state index in [-0.39, 0.29) is 41.5 Å². The molecule has 1 fully saturated rings. The molecule has 0 aliphatic carbocycles. The van der Waals surface area contributed by atoms with Crippen molar-refractivity contribution in [2.45, 2.75) is 84.7 Å². The summed E-state index contributed by atoms with van der Waals surface area (Å²) in [5, 5.41) is 9.24. The van der Waals surface area contributed by atoms with Crippen LogP contribution in [0.1, 0.15) is 72.6 Å². The zero-order valence-corrected chi connectivity index (χ0v) is 21.5. The Bertz CT molecular complexity index is 762. The predicted molar refractivity (Wildman–Crippen MR) is 137 cm³/mol. The summed E-state index contributed by atoms with van der Waals surface area (Å²) in [4.78, 5) is 38.4. The van der Waals surface area contributed by atoms with Gasteiger partial charge in [-0.05, 0) is 38.5 Å². The van der Waals surface area contributed by atoms with E-state index in [4.69, 9.17) is 5.73 Å². The van der Waals surface area contributed by atoms with Crippen LogP contribution in [-0.4, -0.2) is 47.7 Å². The topological polar surface area (TPSA) is 117 Å². The van der Waals surface area contributed by atoms with Crippen LogP contribution in [0.2, 0.25) is 0 Å². The molecule has 2 amide bonds. The molecule has 34 heavy (non-hydrogen) atoms. The Morgan fingerprint density at radius 3 is 2.35 bits per heavy atom. The van der Waals surface area contributed by atoms with Gasteiger partial charge in [0.05, 0.1) is 17.9 Å². The van der Waals surface area contributed by atoms with Gasteiger partial charge in [0.1, 0.15) is 0 Å². The van der Waals surface area contributed by atoms with Crippen molar-refractivity contribution < 1.29 is 14.4 Å². The first kappa shape index (κ1) is 29.3. The quantitative estimate of drug-likeness (QED) is 0.240. The first-order valence-corrected chi connectivity index (χ1v) is 12.4. The fourth-order valence-electron chi connectivity index (χ4n) is 4.06. The molecule has 0 radical (unpaired) electrons. The van der Waals surface area contributed by atoms with Crippen LogP contribution in [0.3, 0.4) is 0 Å². The minimum absolute atomic E-state index is 0.0233. The van der Waals surface area contributed by atoms with E-state index in [0.29, 0.717) is 43.9 Å². The van der Waals surface area contributed by atoms with Crippen molar-refractivity contribution in [3.8, 4) is 0 Å². The lowest BCUT2D eigenvalue weighted by Crippen LogP contribution is -2.47. The molecule has 0 saturated carbocycles. The number of rotatable bonds is 17. The zero-order chi connectivity index (χ0) is 25.8. The average Bonchev–Trinajstić information content (AvgIpc) is 2.98. The summed E-state index contributed by atoms with van der Waals surface area (Å²) in [5.74, 6) is 0.873. The van der Waals surface area contributed by atoms with Gasteiger partial charge in [-0.2, -0.15) is 0 Å². The van der Waals surface area contributed by atoms with Gasteiger partial charge in [0.2, 0.25) is 11.8 Å². The number of carbonyl (C=O) groups is 3. The second-order valence-corrected chi connectivity index (χ2v) is 9.67. The summed E-state index contributed by atoms with van der Waals surface area (Å²) in [6, 6.07) is -0.646. The van der Waals surface area contributed by atoms with Crippen LogP contribution in [0, 0.1) is 11.8 Å². The van der Waals surface area contributed by atoms with Gasteiger partial charge in [-0.15, -0.1) is 0 Å². The van der Waals surface area contributed by atoms with Gasteiger partial charge < -0.3 is 26.6 Å². The normalized spacial score (nSPS) is 17.4. The van der Waals surface area contributed by atoms with Crippen molar-refractivity contribution in [1.82, 2.24) is 20.9 Å². The highest BCUT2D eigenvalue weighted by Gasteiger charge is 2.29. The van der Waals surface area contributed by atoms with E-state index in [1.807, 2.05) is 20.8 Å². The van der Waals surface area contributed by atoms with E-state index in [0.717, 1.165) is 31.4 Å². The van der Waals surface area contributed by atoms with Crippen LogP contribution in [0.15, 0.2) is 37.0 Å². The lowest BCUT2D eigenvalue weighted by molar-refractivity contribution is -0.127. The van der Waals surface area contributed by atoms with Crippen LogP contribution in [0.25, 0.3) is 0 Å². The number of likely N-dealkylation sites (tertiary alicyclic amines) is 1. The van der Waals surface area contributed by atoms with Gasteiger partial charge in [0, 0.05) is 43.2 Å². The molecule has 1 aliphatic rings. The molecule has 8 nitrogen and oxygen atoms in total. The molecule has 0 bridgehead atoms. The summed E-state index contributed by atoms with van der Waals surface area (Å²) in [6.07, 6.45) is 4.77. The molecule has 0 aromatic carbocycles. The molecule has 1 heterocycles. The van der Waals surface area contributed by atoms with Gasteiger partial charge in [-0.3, -0.25) is 14.4 Å². The molecule has 1 saturated heterocycles. The lowest BCUT2D eigenvalue weighted by atomic mass is 9.99. The van der Waals surface area contributed by atoms with E-state index in [9.17, 15) is 14.4 Å². The molecule has 0 spiro atoms. The van der Waals surface area contributed by atoms with Gasteiger partial charge in [0.15, 0.2) is 5.78 Å². The number of nitrogens with zero attached hydrogens (tertiary/aromatic N) is 1. The van der Waals surface area contributed by atoms with E-state index in [1.165, 1.54) is 0 Å². The van der Waals surface area contributed by atoms with Crippen molar-refractivity contribution in [3.63, 3.8) is 0 Å². The molecule has 2 unspecified atom stereocenters. The van der Waals surface area contributed by atoms with Crippen molar-refractivity contribution in [2.24, 2.45) is 17.6 Å². The third kappa shape index (κ3) is 10.0. The molecule has 0 aromatic heterocycles. The third-order valence-electron chi connectivity index (χ3n) is 6.21. The number of hydrogen-bond donors (Lipinski definition) is 4. The molecule has 192 valence electrons. The Hall–Kier alpha value is -2.77. The Balaban J connectivity index is 2.44. The van der Waals surface area contributed by atoms with Gasteiger partial charge in [-0.25, -0.2) is 0 Å². The lowest BCUT2D eigenvalue weighted by Gasteiger charge is -2.28. The smallest absolute Gasteiger partial charge is 0.227 e. The molecule has 5 N–H and O–H groups in total. The standard InChI is InChI=1S/C26H45N5O3/c1-17(2)26(19(4)29-23(21(6)32)12-11-14-28-22(7)27)30-24(33)13-9-8-10-15-31-20(5)18(3)16-25(31)34/h17-18,23,26,28-29H,4-5,7-16,27H2,1-3,6H3,(H,30,33)/t18?,23?,26-/m0/s1. The summed E-state index contributed by atoms with van der Waals surface area (Å²) in [7, 11) is 0. The number of nitrogens with two attached hydrogens (primary N) is 1. The number of carbonyl (C=O) groups excluding carboxylic acids is 3. The fourth-order valence-corrected chi connectivity index (χ4v) is 4.06. The summed E-state index contributed by atoms with van der Waals surface area (Å²) in [5.41, 5.74) is 7.04. The van der Waals surface area contributed by atoms with E-state index < -0.39 is 0 Å². The second kappa shape index (κ2) is 14.5. The third-order valence-corrected chi connectivity index (χ3v) is 6.21. The Morgan fingerprint density at radius 1 is 1.15 bits per heavy atom. The number of hydrogen-bond acceptors (Lipinski definition) is 6. The van der Waals surface area contributed by atoms with Crippen LogP contribution in [-0.2, 0) is 14.4 Å². The van der Waals surface area contributed by atoms with E-state index >= 15 is 0 Å². The van der Waals surface area contributed by atoms with Crippen LogP contribution in [0.4, 0.5) is 0 Å². The fraction of sp³-hybridized carbons (Fsp3) is 0.654. The maximum absolute atomic E-state index is 12.6.